The average molecular weight is 267 g/mol. The molecule has 0 saturated carbocycles. The summed E-state index contributed by atoms with van der Waals surface area (Å²) in [6, 6.07) is 3.15. The third kappa shape index (κ3) is 3.61. The second-order valence-corrected chi connectivity index (χ2v) is 4.23. The van der Waals surface area contributed by atoms with Crippen molar-refractivity contribution in [1.29, 1.82) is 0 Å². The number of phenolic OH excluding ortho intramolecular Hbond substituents is 1. The first-order valence-electron chi connectivity index (χ1n) is 5.71. The van der Waals surface area contributed by atoms with Gasteiger partial charge < -0.3 is 19.8 Å². The maximum absolute atomic E-state index is 12.1. The smallest absolute Gasteiger partial charge is 0.305 e. The molecule has 0 fully saturated rings. The maximum atomic E-state index is 12.1. The van der Waals surface area contributed by atoms with Crippen molar-refractivity contribution in [2.45, 2.75) is 13.3 Å². The van der Waals surface area contributed by atoms with Gasteiger partial charge in [0, 0.05) is 13.6 Å². The van der Waals surface area contributed by atoms with Crippen LogP contribution in [-0.4, -0.2) is 47.7 Å². The van der Waals surface area contributed by atoms with Gasteiger partial charge in [-0.15, -0.1) is 0 Å². The molecule has 0 saturated heterocycles. The molecule has 0 bridgehead atoms. The van der Waals surface area contributed by atoms with Crippen LogP contribution in [0.4, 0.5) is 0 Å². The van der Waals surface area contributed by atoms with E-state index in [1.54, 1.807) is 13.0 Å². The van der Waals surface area contributed by atoms with Crippen LogP contribution >= 0.6 is 0 Å². The minimum Gasteiger partial charge on any atom is -0.504 e. The first-order valence-corrected chi connectivity index (χ1v) is 5.71. The van der Waals surface area contributed by atoms with E-state index >= 15 is 0 Å². The molecule has 0 radical (unpaired) electrons. The number of methoxy groups -OCH3 is 1. The Morgan fingerprint density at radius 1 is 1.37 bits per heavy atom. The topological polar surface area (TPSA) is 87.1 Å². The van der Waals surface area contributed by atoms with Gasteiger partial charge in [-0.1, -0.05) is 0 Å². The first kappa shape index (κ1) is 14.8. The standard InChI is InChI=1S/C13H17NO5/c1-8-6-9(12(17)10(7-8)19-3)13(18)14(2)5-4-11(15)16/h6-7,17H,4-5H2,1-3H3,(H,15,16). The molecule has 6 heteroatoms. The Labute approximate surface area is 111 Å². The Balaban J connectivity index is 2.99. The largest absolute Gasteiger partial charge is 0.504 e. The zero-order valence-electron chi connectivity index (χ0n) is 11.1. The molecule has 0 aliphatic rings. The van der Waals surface area contributed by atoms with Crippen molar-refractivity contribution < 1.29 is 24.5 Å². The summed E-state index contributed by atoms with van der Waals surface area (Å²) in [6.07, 6.45) is -0.147. The van der Waals surface area contributed by atoms with E-state index in [1.807, 2.05) is 0 Å². The normalized spacial score (nSPS) is 10.1. The summed E-state index contributed by atoms with van der Waals surface area (Å²) in [7, 11) is 2.89. The van der Waals surface area contributed by atoms with E-state index in [1.165, 1.54) is 25.1 Å². The summed E-state index contributed by atoms with van der Waals surface area (Å²) >= 11 is 0. The molecule has 1 rings (SSSR count). The first-order chi connectivity index (χ1) is 8.86. The van der Waals surface area contributed by atoms with Crippen LogP contribution in [0.3, 0.4) is 0 Å². The van der Waals surface area contributed by atoms with Gasteiger partial charge in [0.2, 0.25) is 0 Å². The Kier molecular flexibility index (Phi) is 4.74. The number of carboxylic acid groups (broad SMARTS) is 1. The number of carboxylic acids is 1. The van der Waals surface area contributed by atoms with E-state index in [9.17, 15) is 14.7 Å². The van der Waals surface area contributed by atoms with Crippen LogP contribution in [-0.2, 0) is 4.79 Å². The van der Waals surface area contributed by atoms with E-state index in [2.05, 4.69) is 0 Å². The number of hydrogen-bond acceptors (Lipinski definition) is 4. The zero-order chi connectivity index (χ0) is 14.6. The molecule has 2 N–H and O–H groups in total. The summed E-state index contributed by atoms with van der Waals surface area (Å²) in [5, 5.41) is 18.5. The number of amides is 1. The van der Waals surface area contributed by atoms with Gasteiger partial charge >= 0.3 is 5.97 Å². The number of phenols is 1. The fraction of sp³-hybridized carbons (Fsp3) is 0.385. The number of nitrogens with zero attached hydrogens (tertiary/aromatic N) is 1. The monoisotopic (exact) mass is 267 g/mol. The molecule has 104 valence electrons. The number of ether oxygens (including phenoxy) is 1. The van der Waals surface area contributed by atoms with Gasteiger partial charge in [-0.2, -0.15) is 0 Å². The molecule has 6 nitrogen and oxygen atoms in total. The third-order valence-electron chi connectivity index (χ3n) is 2.68. The highest BCUT2D eigenvalue weighted by Crippen LogP contribution is 2.31. The lowest BCUT2D eigenvalue weighted by molar-refractivity contribution is -0.137. The Morgan fingerprint density at radius 3 is 2.53 bits per heavy atom. The number of aliphatic carboxylic acids is 1. The van der Waals surface area contributed by atoms with Gasteiger partial charge in [-0.05, 0) is 24.6 Å². The van der Waals surface area contributed by atoms with E-state index < -0.39 is 11.9 Å². The van der Waals surface area contributed by atoms with Crippen LogP contribution in [0, 0.1) is 6.92 Å². The van der Waals surface area contributed by atoms with Crippen LogP contribution in [0.1, 0.15) is 22.3 Å². The molecule has 1 aromatic rings. The highest BCUT2D eigenvalue weighted by atomic mass is 16.5. The van der Waals surface area contributed by atoms with Crippen molar-refractivity contribution in [3.05, 3.63) is 23.3 Å². The van der Waals surface area contributed by atoms with Crippen LogP contribution in [0.2, 0.25) is 0 Å². The van der Waals surface area contributed by atoms with Crippen LogP contribution in [0.15, 0.2) is 12.1 Å². The van der Waals surface area contributed by atoms with Crippen molar-refractivity contribution in [2.24, 2.45) is 0 Å². The van der Waals surface area contributed by atoms with Gasteiger partial charge in [0.15, 0.2) is 11.5 Å². The lowest BCUT2D eigenvalue weighted by Gasteiger charge is -2.18. The molecular weight excluding hydrogens is 250 g/mol. The molecule has 0 atom stereocenters. The maximum Gasteiger partial charge on any atom is 0.305 e. The van der Waals surface area contributed by atoms with Gasteiger partial charge in [-0.25, -0.2) is 0 Å². The number of carbonyl (C=O) groups excluding carboxylic acids is 1. The quantitative estimate of drug-likeness (QED) is 0.838. The van der Waals surface area contributed by atoms with Crippen LogP contribution in [0.25, 0.3) is 0 Å². The number of hydrogen-bond donors (Lipinski definition) is 2. The van der Waals surface area contributed by atoms with Gasteiger partial charge in [-0.3, -0.25) is 9.59 Å². The summed E-state index contributed by atoms with van der Waals surface area (Å²) in [5.74, 6) is -1.44. The number of benzene rings is 1. The second-order valence-electron chi connectivity index (χ2n) is 4.23. The third-order valence-corrected chi connectivity index (χ3v) is 2.68. The van der Waals surface area contributed by atoms with Crippen molar-refractivity contribution >= 4 is 11.9 Å². The van der Waals surface area contributed by atoms with Gasteiger partial charge in [0.1, 0.15) is 0 Å². The predicted octanol–water partition coefficient (Wildman–Crippen LogP) is 1.26. The van der Waals surface area contributed by atoms with Crippen molar-refractivity contribution in [1.82, 2.24) is 4.90 Å². The molecule has 0 aromatic heterocycles. The molecule has 0 heterocycles. The highest BCUT2D eigenvalue weighted by molar-refractivity contribution is 5.97. The molecule has 19 heavy (non-hydrogen) atoms. The Hall–Kier alpha value is -2.24. The summed E-state index contributed by atoms with van der Waals surface area (Å²) in [6.45, 7) is 1.85. The molecule has 0 spiro atoms. The number of aryl methyl sites for hydroxylation is 1. The van der Waals surface area contributed by atoms with Gasteiger partial charge in [0.05, 0.1) is 19.1 Å². The summed E-state index contributed by atoms with van der Waals surface area (Å²) < 4.78 is 4.98. The molecule has 0 aliphatic carbocycles. The Morgan fingerprint density at radius 2 is 2.00 bits per heavy atom. The minimum atomic E-state index is -0.981. The lowest BCUT2D eigenvalue weighted by atomic mass is 10.1. The predicted molar refractivity (Wildman–Crippen MR) is 68.6 cm³/mol. The fourth-order valence-corrected chi connectivity index (χ4v) is 1.63. The van der Waals surface area contributed by atoms with Crippen molar-refractivity contribution in [3.8, 4) is 11.5 Å². The van der Waals surface area contributed by atoms with Crippen molar-refractivity contribution in [3.63, 3.8) is 0 Å². The summed E-state index contributed by atoms with van der Waals surface area (Å²) in [4.78, 5) is 23.8. The number of aromatic hydroxyl groups is 1. The average Bonchev–Trinajstić information content (AvgIpc) is 2.37. The SMILES string of the molecule is COc1cc(C)cc(C(=O)N(C)CCC(=O)O)c1O. The summed E-state index contributed by atoms with van der Waals surface area (Å²) in [5.41, 5.74) is 0.870. The second kappa shape index (κ2) is 6.08. The van der Waals surface area contributed by atoms with Crippen molar-refractivity contribution in [2.75, 3.05) is 20.7 Å². The highest BCUT2D eigenvalue weighted by Gasteiger charge is 2.19. The van der Waals surface area contributed by atoms with E-state index in [4.69, 9.17) is 9.84 Å². The molecule has 1 amide bonds. The fourth-order valence-electron chi connectivity index (χ4n) is 1.63. The van der Waals surface area contributed by atoms with Gasteiger partial charge in [0.25, 0.3) is 5.91 Å². The Bertz CT molecular complexity index is 498. The molecule has 0 aliphatic heterocycles. The molecular formula is C13H17NO5. The number of carbonyl (C=O) groups is 2. The number of rotatable bonds is 5. The molecule has 1 aromatic carbocycles. The van der Waals surface area contributed by atoms with E-state index in [-0.39, 0.29) is 30.0 Å². The lowest BCUT2D eigenvalue weighted by Crippen LogP contribution is -2.29. The van der Waals surface area contributed by atoms with E-state index in [0.29, 0.717) is 0 Å². The van der Waals surface area contributed by atoms with Crippen LogP contribution in [0.5, 0.6) is 11.5 Å². The minimum absolute atomic E-state index is 0.0733. The van der Waals surface area contributed by atoms with E-state index in [0.717, 1.165) is 5.56 Å². The van der Waals surface area contributed by atoms with Crippen LogP contribution < -0.4 is 4.74 Å². The molecule has 0 unspecified atom stereocenters. The zero-order valence-corrected chi connectivity index (χ0v) is 11.1.